The second-order valence-electron chi connectivity index (χ2n) is 4.29. The molecule has 1 aliphatic carbocycles. The summed E-state index contributed by atoms with van der Waals surface area (Å²) >= 11 is 0. The van der Waals surface area contributed by atoms with E-state index in [0.29, 0.717) is 11.7 Å². The highest BCUT2D eigenvalue weighted by atomic mass is 19.1. The lowest BCUT2D eigenvalue weighted by Crippen LogP contribution is -2.28. The first-order chi connectivity index (χ1) is 7.16. The minimum atomic E-state index is -0.255. The van der Waals surface area contributed by atoms with E-state index >= 15 is 0 Å². The average molecular weight is 208 g/mol. The zero-order valence-corrected chi connectivity index (χ0v) is 9.04. The summed E-state index contributed by atoms with van der Waals surface area (Å²) in [5, 5.41) is 0. The standard InChI is InChI=1S/C12H17FN2/c1-15(11-4-2-3-5-11)12-7-9(13)6-10(14)8-12/h6-8,11H,2-5,14H2,1H3. The van der Waals surface area contributed by atoms with Gasteiger partial charge in [-0.15, -0.1) is 0 Å². The average Bonchev–Trinajstić information content (AvgIpc) is 2.67. The van der Waals surface area contributed by atoms with Crippen molar-refractivity contribution in [2.24, 2.45) is 0 Å². The van der Waals surface area contributed by atoms with Crippen molar-refractivity contribution in [3.8, 4) is 0 Å². The van der Waals surface area contributed by atoms with Crippen LogP contribution in [0.5, 0.6) is 0 Å². The number of nitrogen functional groups attached to an aromatic ring is 1. The molecule has 3 heteroatoms. The third kappa shape index (κ3) is 2.22. The van der Waals surface area contributed by atoms with E-state index in [9.17, 15) is 4.39 Å². The van der Waals surface area contributed by atoms with Crippen molar-refractivity contribution in [1.82, 2.24) is 0 Å². The third-order valence-corrected chi connectivity index (χ3v) is 3.18. The first kappa shape index (κ1) is 10.3. The highest BCUT2D eigenvalue weighted by Gasteiger charge is 2.20. The number of hydrogen-bond donors (Lipinski definition) is 1. The van der Waals surface area contributed by atoms with Crippen LogP contribution in [0.1, 0.15) is 25.7 Å². The van der Waals surface area contributed by atoms with Crippen LogP contribution in [-0.4, -0.2) is 13.1 Å². The maximum absolute atomic E-state index is 13.2. The summed E-state index contributed by atoms with van der Waals surface area (Å²) in [6.07, 6.45) is 4.96. The van der Waals surface area contributed by atoms with Crippen LogP contribution >= 0.6 is 0 Å². The van der Waals surface area contributed by atoms with Crippen molar-refractivity contribution in [2.75, 3.05) is 17.7 Å². The molecule has 1 aliphatic rings. The van der Waals surface area contributed by atoms with Crippen LogP contribution in [0, 0.1) is 5.82 Å². The maximum atomic E-state index is 13.2. The van der Waals surface area contributed by atoms with Gasteiger partial charge in [-0.2, -0.15) is 0 Å². The van der Waals surface area contributed by atoms with E-state index in [1.807, 2.05) is 13.1 Å². The van der Waals surface area contributed by atoms with E-state index in [4.69, 9.17) is 5.73 Å². The molecule has 0 saturated heterocycles. The molecule has 0 amide bonds. The van der Waals surface area contributed by atoms with E-state index in [1.165, 1.54) is 31.7 Å². The summed E-state index contributed by atoms with van der Waals surface area (Å²) in [5.74, 6) is -0.255. The Labute approximate surface area is 89.9 Å². The lowest BCUT2D eigenvalue weighted by molar-refractivity contribution is 0.620. The SMILES string of the molecule is CN(c1cc(N)cc(F)c1)C1CCCC1. The summed E-state index contributed by atoms with van der Waals surface area (Å²) in [7, 11) is 2.02. The van der Waals surface area contributed by atoms with Crippen LogP contribution in [-0.2, 0) is 0 Å². The first-order valence-electron chi connectivity index (χ1n) is 5.46. The zero-order chi connectivity index (χ0) is 10.8. The molecule has 0 aliphatic heterocycles. The number of nitrogens with zero attached hydrogens (tertiary/aromatic N) is 1. The molecule has 1 fully saturated rings. The van der Waals surface area contributed by atoms with E-state index in [2.05, 4.69) is 4.90 Å². The third-order valence-electron chi connectivity index (χ3n) is 3.18. The van der Waals surface area contributed by atoms with Crippen LogP contribution in [0.2, 0.25) is 0 Å². The Balaban J connectivity index is 2.20. The van der Waals surface area contributed by atoms with Gasteiger partial charge in [-0.1, -0.05) is 12.8 Å². The first-order valence-corrected chi connectivity index (χ1v) is 5.46. The highest BCUT2D eigenvalue weighted by Crippen LogP contribution is 2.28. The number of benzene rings is 1. The minimum Gasteiger partial charge on any atom is -0.399 e. The molecule has 2 N–H and O–H groups in total. The normalized spacial score (nSPS) is 16.9. The van der Waals surface area contributed by atoms with Crippen molar-refractivity contribution >= 4 is 11.4 Å². The Kier molecular flexibility index (Phi) is 2.80. The second-order valence-corrected chi connectivity index (χ2v) is 4.29. The molecule has 0 bridgehead atoms. The summed E-state index contributed by atoms with van der Waals surface area (Å²) in [5.41, 5.74) is 7.01. The molecule has 0 atom stereocenters. The lowest BCUT2D eigenvalue weighted by atomic mass is 10.2. The summed E-state index contributed by atoms with van der Waals surface area (Å²) in [6.45, 7) is 0. The fourth-order valence-corrected chi connectivity index (χ4v) is 2.30. The van der Waals surface area contributed by atoms with Gasteiger partial charge in [-0.05, 0) is 31.0 Å². The van der Waals surface area contributed by atoms with Gasteiger partial charge >= 0.3 is 0 Å². The van der Waals surface area contributed by atoms with Crippen molar-refractivity contribution < 1.29 is 4.39 Å². The molecule has 1 saturated carbocycles. The van der Waals surface area contributed by atoms with Crippen LogP contribution in [0.3, 0.4) is 0 Å². The Morgan fingerprint density at radius 2 is 1.93 bits per heavy atom. The Morgan fingerprint density at radius 1 is 1.27 bits per heavy atom. The van der Waals surface area contributed by atoms with Gasteiger partial charge in [0.2, 0.25) is 0 Å². The molecule has 0 radical (unpaired) electrons. The predicted octanol–water partition coefficient (Wildman–Crippen LogP) is 2.79. The van der Waals surface area contributed by atoms with Crippen LogP contribution in [0.4, 0.5) is 15.8 Å². The lowest BCUT2D eigenvalue weighted by Gasteiger charge is -2.26. The number of rotatable bonds is 2. The summed E-state index contributed by atoms with van der Waals surface area (Å²) < 4.78 is 13.2. The van der Waals surface area contributed by atoms with Gasteiger partial charge in [0.1, 0.15) is 5.82 Å². The van der Waals surface area contributed by atoms with Crippen molar-refractivity contribution in [3.05, 3.63) is 24.0 Å². The topological polar surface area (TPSA) is 29.3 Å². The van der Waals surface area contributed by atoms with Gasteiger partial charge in [0, 0.05) is 24.5 Å². The number of nitrogens with two attached hydrogens (primary N) is 1. The fourth-order valence-electron chi connectivity index (χ4n) is 2.30. The highest BCUT2D eigenvalue weighted by molar-refractivity contribution is 5.56. The van der Waals surface area contributed by atoms with E-state index in [-0.39, 0.29) is 5.82 Å². The second kappa shape index (κ2) is 4.09. The molecular weight excluding hydrogens is 191 g/mol. The Morgan fingerprint density at radius 3 is 2.53 bits per heavy atom. The van der Waals surface area contributed by atoms with Gasteiger partial charge < -0.3 is 10.6 Å². The van der Waals surface area contributed by atoms with E-state index in [1.54, 1.807) is 6.07 Å². The minimum absolute atomic E-state index is 0.255. The van der Waals surface area contributed by atoms with Gasteiger partial charge in [-0.3, -0.25) is 0 Å². The number of anilines is 2. The molecule has 15 heavy (non-hydrogen) atoms. The van der Waals surface area contributed by atoms with Crippen molar-refractivity contribution in [3.63, 3.8) is 0 Å². The molecule has 2 rings (SSSR count). The molecule has 1 aromatic carbocycles. The fraction of sp³-hybridized carbons (Fsp3) is 0.500. The zero-order valence-electron chi connectivity index (χ0n) is 9.04. The van der Waals surface area contributed by atoms with Crippen LogP contribution in [0.15, 0.2) is 18.2 Å². The van der Waals surface area contributed by atoms with Crippen LogP contribution < -0.4 is 10.6 Å². The van der Waals surface area contributed by atoms with Crippen molar-refractivity contribution in [1.29, 1.82) is 0 Å². The summed E-state index contributed by atoms with van der Waals surface area (Å²) in [4.78, 5) is 2.15. The monoisotopic (exact) mass is 208 g/mol. The molecule has 0 aromatic heterocycles. The molecule has 0 spiro atoms. The molecule has 1 aromatic rings. The smallest absolute Gasteiger partial charge is 0.127 e. The van der Waals surface area contributed by atoms with E-state index < -0.39 is 0 Å². The molecule has 82 valence electrons. The van der Waals surface area contributed by atoms with Gasteiger partial charge in [-0.25, -0.2) is 4.39 Å². The largest absolute Gasteiger partial charge is 0.399 e. The van der Waals surface area contributed by atoms with Crippen molar-refractivity contribution in [2.45, 2.75) is 31.7 Å². The summed E-state index contributed by atoms with van der Waals surface area (Å²) in [6, 6.07) is 5.29. The molecule has 2 nitrogen and oxygen atoms in total. The maximum Gasteiger partial charge on any atom is 0.127 e. The quantitative estimate of drug-likeness (QED) is 0.757. The Bertz CT molecular complexity index is 325. The number of hydrogen-bond acceptors (Lipinski definition) is 2. The van der Waals surface area contributed by atoms with Gasteiger partial charge in [0.05, 0.1) is 0 Å². The molecule has 0 unspecified atom stereocenters. The Hall–Kier alpha value is -1.25. The van der Waals surface area contributed by atoms with Crippen LogP contribution in [0.25, 0.3) is 0 Å². The molecular formula is C12H17FN2. The predicted molar refractivity (Wildman–Crippen MR) is 61.5 cm³/mol. The molecule has 0 heterocycles. The number of halogens is 1. The van der Waals surface area contributed by atoms with Gasteiger partial charge in [0.15, 0.2) is 0 Å². The van der Waals surface area contributed by atoms with E-state index in [0.717, 1.165) is 5.69 Å². The van der Waals surface area contributed by atoms with Gasteiger partial charge in [0.25, 0.3) is 0 Å².